The van der Waals surface area contributed by atoms with Crippen molar-refractivity contribution in [2.24, 2.45) is 0 Å². The third-order valence-corrected chi connectivity index (χ3v) is 12.1. The number of aromatic amines is 2. The normalized spacial score (nSPS) is 12.4. The van der Waals surface area contributed by atoms with Crippen molar-refractivity contribution in [1.82, 2.24) is 9.97 Å². The molecule has 3 nitrogen and oxygen atoms in total. The number of aromatic nitrogens is 2. The molecule has 3 aromatic heterocycles. The zero-order chi connectivity index (χ0) is 35.8. The Morgan fingerprint density at radius 2 is 0.818 bits per heavy atom. The van der Waals surface area contributed by atoms with Gasteiger partial charge in [0.2, 0.25) is 0 Å². The maximum Gasteiger partial charge on any atom is 0.143 e. The summed E-state index contributed by atoms with van der Waals surface area (Å²) in [5.41, 5.74) is 13.5. The van der Waals surface area contributed by atoms with Crippen LogP contribution in [-0.4, -0.2) is 9.97 Å². The maximum atomic E-state index is 6.72. The molecule has 0 amide bonds. The highest BCUT2D eigenvalue weighted by Gasteiger charge is 2.23. The summed E-state index contributed by atoms with van der Waals surface area (Å²) in [4.78, 5) is 7.59. The summed E-state index contributed by atoms with van der Waals surface area (Å²) in [6.07, 6.45) is 0. The largest absolute Gasteiger partial charge is 0.455 e. The summed E-state index contributed by atoms with van der Waals surface area (Å²) in [5, 5.41) is 14.7. The highest BCUT2D eigenvalue weighted by Crippen LogP contribution is 2.49. The molecule has 0 unspecified atom stereocenters. The monoisotopic (exact) mass is 698 g/mol. The van der Waals surface area contributed by atoms with Crippen molar-refractivity contribution >= 4 is 97.9 Å². The SMILES string of the molecule is c1ccc2c(c1)[nH]c1c(-c3ccc4ccc5c(-c6cccc7c6[nH]c6ccccc67)cc(-c6cccc7c6oc6ccccc67)c6ccc3c4c56)cccc12. The van der Waals surface area contributed by atoms with Gasteiger partial charge in [-0.05, 0) is 73.3 Å². The summed E-state index contributed by atoms with van der Waals surface area (Å²) in [5.74, 6) is 0. The first-order valence-electron chi connectivity index (χ1n) is 18.9. The number of nitrogens with one attached hydrogen (secondary N) is 2. The molecule has 0 spiro atoms. The lowest BCUT2D eigenvalue weighted by atomic mass is 9.83. The lowest BCUT2D eigenvalue weighted by Crippen LogP contribution is -1.93. The number of hydrogen-bond acceptors (Lipinski definition) is 1. The van der Waals surface area contributed by atoms with E-state index in [9.17, 15) is 0 Å². The van der Waals surface area contributed by atoms with Crippen molar-refractivity contribution in [3.05, 3.63) is 170 Å². The molecule has 0 radical (unpaired) electrons. The predicted octanol–water partition coefficient (Wildman–Crippen LogP) is 14.8. The molecule has 55 heavy (non-hydrogen) atoms. The minimum Gasteiger partial charge on any atom is -0.455 e. The van der Waals surface area contributed by atoms with Gasteiger partial charge in [0, 0.05) is 60.0 Å². The highest BCUT2D eigenvalue weighted by molar-refractivity contribution is 6.32. The molecule has 0 saturated heterocycles. The average Bonchev–Trinajstić information content (AvgIpc) is 3.94. The van der Waals surface area contributed by atoms with Crippen molar-refractivity contribution in [3.8, 4) is 33.4 Å². The molecule has 10 aromatic carbocycles. The Balaban J connectivity index is 1.18. The summed E-state index contributed by atoms with van der Waals surface area (Å²) in [6.45, 7) is 0. The van der Waals surface area contributed by atoms with Crippen LogP contribution in [0.4, 0.5) is 0 Å². The van der Waals surface area contributed by atoms with Crippen molar-refractivity contribution in [2.45, 2.75) is 0 Å². The molecule has 0 aliphatic carbocycles. The molecule has 3 heteroatoms. The molecule has 0 aliphatic heterocycles. The first kappa shape index (κ1) is 29.1. The maximum absolute atomic E-state index is 6.72. The average molecular weight is 699 g/mol. The van der Waals surface area contributed by atoms with E-state index in [0.29, 0.717) is 0 Å². The molecular formula is C52H30N2O. The minimum atomic E-state index is 0.904. The van der Waals surface area contributed by atoms with E-state index < -0.39 is 0 Å². The zero-order valence-corrected chi connectivity index (χ0v) is 29.6. The lowest BCUT2D eigenvalue weighted by Gasteiger charge is -2.20. The van der Waals surface area contributed by atoms with Crippen molar-refractivity contribution < 1.29 is 4.42 Å². The number of para-hydroxylation sites is 6. The number of fused-ring (bicyclic) bond motifs is 9. The first-order chi connectivity index (χ1) is 27.3. The van der Waals surface area contributed by atoms with Crippen LogP contribution in [-0.2, 0) is 0 Å². The second-order valence-corrected chi connectivity index (χ2v) is 14.9. The first-order valence-corrected chi connectivity index (χ1v) is 18.9. The van der Waals surface area contributed by atoms with Crippen LogP contribution in [0.25, 0.3) is 131 Å². The standard InChI is InChI=1S/C52H30N2O/c1-4-19-45-31(10-1)38-14-7-13-37(50(38)53-45)30-24-22-29-23-25-35-43(40-16-8-15-39-32-11-2-5-20-46(32)54-51(39)40)28-44(36-27-26-34(30)48(29)49(35)36)42-18-9-17-41-33-12-3-6-21-47(33)55-52(41)42/h1-28,53-54H. The Labute approximate surface area is 314 Å². The van der Waals surface area contributed by atoms with Crippen LogP contribution in [0.5, 0.6) is 0 Å². The number of rotatable bonds is 3. The van der Waals surface area contributed by atoms with Gasteiger partial charge in [-0.2, -0.15) is 0 Å². The fourth-order valence-corrected chi connectivity index (χ4v) is 9.73. The molecule has 13 rings (SSSR count). The van der Waals surface area contributed by atoms with E-state index in [-0.39, 0.29) is 0 Å². The van der Waals surface area contributed by atoms with Crippen LogP contribution < -0.4 is 0 Å². The van der Waals surface area contributed by atoms with Crippen LogP contribution in [0.3, 0.4) is 0 Å². The molecule has 0 aliphatic rings. The highest BCUT2D eigenvalue weighted by atomic mass is 16.3. The van der Waals surface area contributed by atoms with Crippen molar-refractivity contribution in [3.63, 3.8) is 0 Å². The van der Waals surface area contributed by atoms with E-state index in [1.807, 2.05) is 6.07 Å². The molecule has 0 saturated carbocycles. The van der Waals surface area contributed by atoms with Gasteiger partial charge in [0.25, 0.3) is 0 Å². The van der Waals surface area contributed by atoms with E-state index in [2.05, 4.69) is 174 Å². The van der Waals surface area contributed by atoms with E-state index >= 15 is 0 Å². The number of H-pyrrole nitrogens is 2. The topological polar surface area (TPSA) is 44.7 Å². The number of hydrogen-bond donors (Lipinski definition) is 2. The van der Waals surface area contributed by atoms with Gasteiger partial charge in [-0.1, -0.05) is 146 Å². The molecule has 0 atom stereocenters. The minimum absolute atomic E-state index is 0.904. The molecule has 0 fully saturated rings. The summed E-state index contributed by atoms with van der Waals surface area (Å²) in [6, 6.07) is 62.0. The van der Waals surface area contributed by atoms with Gasteiger partial charge in [-0.25, -0.2) is 0 Å². The van der Waals surface area contributed by atoms with Crippen LogP contribution in [0, 0.1) is 0 Å². The third-order valence-electron chi connectivity index (χ3n) is 12.1. The van der Waals surface area contributed by atoms with Crippen molar-refractivity contribution in [1.29, 1.82) is 0 Å². The van der Waals surface area contributed by atoms with Crippen LogP contribution in [0.1, 0.15) is 0 Å². The second-order valence-electron chi connectivity index (χ2n) is 14.9. The lowest BCUT2D eigenvalue weighted by molar-refractivity contribution is 0.670. The summed E-state index contributed by atoms with van der Waals surface area (Å²) >= 11 is 0. The van der Waals surface area contributed by atoms with Gasteiger partial charge < -0.3 is 14.4 Å². The van der Waals surface area contributed by atoms with E-state index in [4.69, 9.17) is 4.42 Å². The van der Waals surface area contributed by atoms with E-state index in [1.165, 1.54) is 81.6 Å². The van der Waals surface area contributed by atoms with Crippen LogP contribution in [0.15, 0.2) is 174 Å². The fourth-order valence-electron chi connectivity index (χ4n) is 9.73. The van der Waals surface area contributed by atoms with Gasteiger partial charge in [-0.3, -0.25) is 0 Å². The quantitative estimate of drug-likeness (QED) is 0.177. The molecule has 3 heterocycles. The van der Waals surface area contributed by atoms with Gasteiger partial charge in [0.05, 0.1) is 11.0 Å². The molecule has 13 aromatic rings. The van der Waals surface area contributed by atoms with Gasteiger partial charge in [0.15, 0.2) is 0 Å². The Morgan fingerprint density at radius 1 is 0.309 bits per heavy atom. The molecule has 254 valence electrons. The third kappa shape index (κ3) is 3.89. The number of benzene rings is 10. The van der Waals surface area contributed by atoms with Gasteiger partial charge in [-0.15, -0.1) is 0 Å². The Hall–Kier alpha value is -7.36. The van der Waals surface area contributed by atoms with Crippen LogP contribution in [0.2, 0.25) is 0 Å². The van der Waals surface area contributed by atoms with Gasteiger partial charge >= 0.3 is 0 Å². The van der Waals surface area contributed by atoms with E-state index in [0.717, 1.165) is 49.6 Å². The molecular weight excluding hydrogens is 669 g/mol. The Bertz CT molecular complexity index is 3590. The zero-order valence-electron chi connectivity index (χ0n) is 29.6. The second kappa shape index (κ2) is 10.6. The molecule has 0 bridgehead atoms. The van der Waals surface area contributed by atoms with Crippen molar-refractivity contribution in [2.75, 3.05) is 0 Å². The smallest absolute Gasteiger partial charge is 0.143 e. The summed E-state index contributed by atoms with van der Waals surface area (Å²) < 4.78 is 6.72. The summed E-state index contributed by atoms with van der Waals surface area (Å²) in [7, 11) is 0. The Kier molecular flexibility index (Phi) is 5.63. The fraction of sp³-hybridized carbons (Fsp3) is 0. The predicted molar refractivity (Wildman–Crippen MR) is 232 cm³/mol. The van der Waals surface area contributed by atoms with Crippen LogP contribution >= 0.6 is 0 Å². The van der Waals surface area contributed by atoms with Gasteiger partial charge in [0.1, 0.15) is 11.2 Å². The number of furan rings is 1. The Morgan fingerprint density at radius 3 is 1.53 bits per heavy atom. The van der Waals surface area contributed by atoms with E-state index in [1.54, 1.807) is 0 Å². The molecule has 2 N–H and O–H groups in total.